The molecular formula is C18H21ClN2O4S. The first kappa shape index (κ1) is 19.0. The van der Waals surface area contributed by atoms with Crippen LogP contribution in [-0.2, 0) is 14.4 Å². The van der Waals surface area contributed by atoms with Crippen LogP contribution in [0.2, 0.25) is 5.02 Å². The number of hydrogen-bond donors (Lipinski definition) is 2. The van der Waals surface area contributed by atoms with E-state index < -0.39 is 16.6 Å². The molecule has 1 aromatic rings. The van der Waals surface area contributed by atoms with E-state index in [2.05, 4.69) is 5.32 Å². The van der Waals surface area contributed by atoms with Crippen LogP contribution >= 0.6 is 23.4 Å². The van der Waals surface area contributed by atoms with Crippen LogP contribution in [0.3, 0.4) is 0 Å². The minimum absolute atomic E-state index is 0.0480. The first-order chi connectivity index (χ1) is 12.2. The number of likely N-dealkylation sites (tertiary alicyclic amines) is 1. The summed E-state index contributed by atoms with van der Waals surface area (Å²) in [7, 11) is 0. The number of aliphatic carboxylic acids is 1. The lowest BCUT2D eigenvalue weighted by atomic mass is 9.76. The minimum atomic E-state index is -0.902. The van der Waals surface area contributed by atoms with Gasteiger partial charge < -0.3 is 15.3 Å². The fourth-order valence-electron chi connectivity index (χ4n) is 3.48. The average Bonchev–Trinajstić information content (AvgIpc) is 3.03. The number of amides is 2. The molecule has 0 saturated carbocycles. The highest BCUT2D eigenvalue weighted by Crippen LogP contribution is 2.41. The summed E-state index contributed by atoms with van der Waals surface area (Å²) in [5.74, 6) is -1.34. The number of nitrogens with one attached hydrogen (secondary N) is 1. The number of rotatable bonds is 4. The molecule has 2 amide bonds. The Labute approximate surface area is 161 Å². The van der Waals surface area contributed by atoms with Gasteiger partial charge in [0.05, 0.1) is 16.4 Å². The van der Waals surface area contributed by atoms with E-state index in [0.717, 1.165) is 4.90 Å². The van der Waals surface area contributed by atoms with Gasteiger partial charge in [0.15, 0.2) is 0 Å². The van der Waals surface area contributed by atoms with Gasteiger partial charge in [0.1, 0.15) is 0 Å². The van der Waals surface area contributed by atoms with Crippen molar-refractivity contribution in [2.45, 2.75) is 36.8 Å². The van der Waals surface area contributed by atoms with E-state index in [1.165, 1.54) is 11.8 Å². The number of halogens is 1. The third kappa shape index (κ3) is 3.42. The maximum Gasteiger partial charge on any atom is 0.311 e. The van der Waals surface area contributed by atoms with Crippen molar-refractivity contribution in [1.82, 2.24) is 4.90 Å². The predicted octanol–water partition coefficient (Wildman–Crippen LogP) is 3.10. The Kier molecular flexibility index (Phi) is 5.21. The zero-order chi connectivity index (χ0) is 19.1. The van der Waals surface area contributed by atoms with Crippen LogP contribution < -0.4 is 5.32 Å². The smallest absolute Gasteiger partial charge is 0.311 e. The van der Waals surface area contributed by atoms with Crippen LogP contribution in [0.15, 0.2) is 23.1 Å². The van der Waals surface area contributed by atoms with E-state index in [-0.39, 0.29) is 30.7 Å². The molecule has 3 rings (SSSR count). The second-order valence-electron chi connectivity index (χ2n) is 7.12. The Morgan fingerprint density at radius 3 is 2.81 bits per heavy atom. The van der Waals surface area contributed by atoms with Gasteiger partial charge in [-0.15, -0.1) is 11.8 Å². The third-order valence-corrected chi connectivity index (χ3v) is 6.82. The predicted molar refractivity (Wildman–Crippen MR) is 100 cm³/mol. The Morgan fingerprint density at radius 2 is 2.19 bits per heavy atom. The van der Waals surface area contributed by atoms with Crippen molar-refractivity contribution in [2.75, 3.05) is 18.4 Å². The van der Waals surface area contributed by atoms with Crippen molar-refractivity contribution in [3.05, 3.63) is 23.2 Å². The Morgan fingerprint density at radius 1 is 1.46 bits per heavy atom. The summed E-state index contributed by atoms with van der Waals surface area (Å²) in [4.78, 5) is 39.2. The number of fused-ring (bicyclic) bond motifs is 1. The van der Waals surface area contributed by atoms with Gasteiger partial charge in [-0.1, -0.05) is 25.4 Å². The molecule has 1 aromatic carbocycles. The number of hydrogen-bond acceptors (Lipinski definition) is 4. The maximum atomic E-state index is 12.7. The highest BCUT2D eigenvalue weighted by molar-refractivity contribution is 8.01. The summed E-state index contributed by atoms with van der Waals surface area (Å²) in [5.41, 5.74) is -0.247. The molecule has 0 aliphatic carbocycles. The van der Waals surface area contributed by atoms with Crippen molar-refractivity contribution < 1.29 is 19.5 Å². The van der Waals surface area contributed by atoms with Gasteiger partial charge in [-0.05, 0) is 30.5 Å². The molecule has 0 radical (unpaired) electrons. The van der Waals surface area contributed by atoms with E-state index in [1.807, 2.05) is 19.9 Å². The summed E-state index contributed by atoms with van der Waals surface area (Å²) in [6, 6.07) is 5.25. The van der Waals surface area contributed by atoms with Crippen molar-refractivity contribution >= 4 is 46.8 Å². The lowest BCUT2D eigenvalue weighted by molar-refractivity contribution is -0.151. The van der Waals surface area contributed by atoms with E-state index >= 15 is 0 Å². The maximum absolute atomic E-state index is 12.7. The van der Waals surface area contributed by atoms with Crippen LogP contribution in [0.5, 0.6) is 0 Å². The first-order valence-electron chi connectivity index (χ1n) is 8.51. The second-order valence-corrected chi connectivity index (χ2v) is 8.80. The first-order valence-corrected chi connectivity index (χ1v) is 9.77. The van der Waals surface area contributed by atoms with Gasteiger partial charge in [0.25, 0.3) is 0 Å². The summed E-state index contributed by atoms with van der Waals surface area (Å²) >= 11 is 7.28. The number of carboxylic acid groups (broad SMARTS) is 1. The molecule has 6 nitrogen and oxygen atoms in total. The van der Waals surface area contributed by atoms with Crippen molar-refractivity contribution in [3.63, 3.8) is 0 Å². The molecule has 140 valence electrons. The van der Waals surface area contributed by atoms with Gasteiger partial charge in [0, 0.05) is 29.4 Å². The second kappa shape index (κ2) is 7.12. The number of carbonyl (C=O) groups excluding carboxylic acids is 2. The highest BCUT2D eigenvalue weighted by atomic mass is 35.5. The summed E-state index contributed by atoms with van der Waals surface area (Å²) < 4.78 is 0. The van der Waals surface area contributed by atoms with Gasteiger partial charge in [-0.2, -0.15) is 0 Å². The summed E-state index contributed by atoms with van der Waals surface area (Å²) in [6.07, 6.45) is 0.490. The minimum Gasteiger partial charge on any atom is -0.481 e. The molecule has 0 aromatic heterocycles. The fraction of sp³-hybridized carbons (Fsp3) is 0.500. The molecule has 0 spiro atoms. The molecule has 2 N–H and O–H groups in total. The largest absolute Gasteiger partial charge is 0.481 e. The van der Waals surface area contributed by atoms with Crippen LogP contribution in [0, 0.1) is 11.3 Å². The molecule has 26 heavy (non-hydrogen) atoms. The quantitative estimate of drug-likeness (QED) is 0.816. The summed E-state index contributed by atoms with van der Waals surface area (Å²) in [6.45, 7) is 4.35. The molecule has 2 atom stereocenters. The number of thioether (sulfide) groups is 1. The third-order valence-electron chi connectivity index (χ3n) is 5.31. The molecule has 0 bridgehead atoms. The molecule has 2 aliphatic heterocycles. The zero-order valence-corrected chi connectivity index (χ0v) is 16.2. The van der Waals surface area contributed by atoms with Crippen LogP contribution in [0.4, 0.5) is 5.69 Å². The van der Waals surface area contributed by atoms with Gasteiger partial charge in [-0.3, -0.25) is 14.4 Å². The number of benzene rings is 1. The standard InChI is InChI=1S/C18H21ClN2O4S/c1-10(2)18(17(24)25)5-6-21(9-18)15(22)8-14-16(23)20-12-7-11(19)3-4-13(12)26-14/h3-4,7,10,14H,5-6,8-9H2,1-2H3,(H,20,23)(H,24,25). The Bertz CT molecular complexity index is 770. The molecule has 2 unspecified atom stereocenters. The van der Waals surface area contributed by atoms with E-state index in [1.54, 1.807) is 17.0 Å². The Balaban J connectivity index is 1.68. The van der Waals surface area contributed by atoms with Crippen molar-refractivity contribution in [2.24, 2.45) is 11.3 Å². The van der Waals surface area contributed by atoms with Gasteiger partial charge in [0.2, 0.25) is 11.8 Å². The lowest BCUT2D eigenvalue weighted by Crippen LogP contribution is -2.42. The molecule has 2 heterocycles. The molecule has 1 fully saturated rings. The highest BCUT2D eigenvalue weighted by Gasteiger charge is 2.48. The lowest BCUT2D eigenvalue weighted by Gasteiger charge is -2.29. The van der Waals surface area contributed by atoms with Gasteiger partial charge in [-0.25, -0.2) is 0 Å². The van der Waals surface area contributed by atoms with E-state index in [4.69, 9.17) is 11.6 Å². The molecular weight excluding hydrogens is 376 g/mol. The van der Waals surface area contributed by atoms with Crippen LogP contribution in [0.1, 0.15) is 26.7 Å². The number of nitrogens with zero attached hydrogens (tertiary/aromatic N) is 1. The van der Waals surface area contributed by atoms with E-state index in [9.17, 15) is 19.5 Å². The summed E-state index contributed by atoms with van der Waals surface area (Å²) in [5, 5.41) is 12.4. The molecule has 2 aliphatic rings. The monoisotopic (exact) mass is 396 g/mol. The molecule has 1 saturated heterocycles. The van der Waals surface area contributed by atoms with Crippen LogP contribution in [0.25, 0.3) is 0 Å². The van der Waals surface area contributed by atoms with Gasteiger partial charge >= 0.3 is 5.97 Å². The number of carboxylic acids is 1. The Hall–Kier alpha value is -1.73. The van der Waals surface area contributed by atoms with E-state index in [0.29, 0.717) is 23.7 Å². The number of anilines is 1. The SMILES string of the molecule is CC(C)C1(C(=O)O)CCN(C(=O)CC2Sc3ccc(Cl)cc3NC2=O)C1. The number of carbonyl (C=O) groups is 3. The van der Waals surface area contributed by atoms with Crippen molar-refractivity contribution in [3.8, 4) is 0 Å². The topological polar surface area (TPSA) is 86.7 Å². The average molecular weight is 397 g/mol. The molecule has 8 heteroatoms. The normalized spacial score (nSPS) is 25.2. The zero-order valence-electron chi connectivity index (χ0n) is 14.6. The fourth-order valence-corrected chi connectivity index (χ4v) is 4.74. The van der Waals surface area contributed by atoms with Crippen molar-refractivity contribution in [1.29, 1.82) is 0 Å². The van der Waals surface area contributed by atoms with Crippen LogP contribution in [-0.4, -0.2) is 46.1 Å².